The van der Waals surface area contributed by atoms with Crippen molar-refractivity contribution in [3.05, 3.63) is 30.1 Å². The summed E-state index contributed by atoms with van der Waals surface area (Å²) < 4.78 is 18.4. The molecule has 4 nitrogen and oxygen atoms in total. The smallest absolute Gasteiger partial charge is 0.250 e. The zero-order chi connectivity index (χ0) is 14.4. The molecule has 110 valence electrons. The summed E-state index contributed by atoms with van der Waals surface area (Å²) in [7, 11) is 0. The molecule has 1 saturated carbocycles. The Morgan fingerprint density at radius 3 is 2.80 bits per heavy atom. The first-order valence-corrected chi connectivity index (χ1v) is 6.99. The molecule has 1 aromatic rings. The van der Waals surface area contributed by atoms with Gasteiger partial charge in [-0.1, -0.05) is 25.3 Å². The van der Waals surface area contributed by atoms with E-state index in [4.69, 9.17) is 10.5 Å². The molecular weight excluding hydrogens is 259 g/mol. The predicted octanol–water partition coefficient (Wildman–Crippen LogP) is 2.44. The standard InChI is InChI=1S/C15H21FN2O2/c16-12-5-4-6-13(9-12)18-14(19)10-20-11-15(17)7-2-1-3-8-15/h4-6,9H,1-3,7-8,10-11,17H2,(H,18,19). The summed E-state index contributed by atoms with van der Waals surface area (Å²) in [6.45, 7) is 0.332. The Morgan fingerprint density at radius 2 is 2.10 bits per heavy atom. The number of benzene rings is 1. The number of carbonyl (C=O) groups excluding carboxylic acids is 1. The molecule has 0 atom stereocenters. The fraction of sp³-hybridized carbons (Fsp3) is 0.533. The van der Waals surface area contributed by atoms with E-state index in [-0.39, 0.29) is 23.9 Å². The van der Waals surface area contributed by atoms with E-state index in [1.165, 1.54) is 18.6 Å². The van der Waals surface area contributed by atoms with Gasteiger partial charge >= 0.3 is 0 Å². The van der Waals surface area contributed by atoms with Crippen molar-refractivity contribution >= 4 is 11.6 Å². The third-order valence-corrected chi connectivity index (χ3v) is 3.58. The second-order valence-electron chi connectivity index (χ2n) is 5.47. The molecule has 0 aliphatic heterocycles. The quantitative estimate of drug-likeness (QED) is 0.870. The number of rotatable bonds is 5. The maximum Gasteiger partial charge on any atom is 0.250 e. The van der Waals surface area contributed by atoms with Gasteiger partial charge in [-0.25, -0.2) is 4.39 Å². The maximum atomic E-state index is 13.0. The van der Waals surface area contributed by atoms with E-state index < -0.39 is 0 Å². The number of carbonyl (C=O) groups is 1. The minimum Gasteiger partial charge on any atom is -0.370 e. The van der Waals surface area contributed by atoms with E-state index in [9.17, 15) is 9.18 Å². The molecule has 1 aromatic carbocycles. The Balaban J connectivity index is 1.72. The Morgan fingerprint density at radius 1 is 1.35 bits per heavy atom. The van der Waals surface area contributed by atoms with Crippen LogP contribution in [0.4, 0.5) is 10.1 Å². The van der Waals surface area contributed by atoms with Gasteiger partial charge in [0.1, 0.15) is 12.4 Å². The van der Waals surface area contributed by atoms with E-state index in [1.54, 1.807) is 12.1 Å². The molecule has 2 rings (SSSR count). The molecule has 0 heterocycles. The Kier molecular flexibility index (Phi) is 5.09. The lowest BCUT2D eigenvalue weighted by Crippen LogP contribution is -2.46. The van der Waals surface area contributed by atoms with Crippen LogP contribution in [0.5, 0.6) is 0 Å². The van der Waals surface area contributed by atoms with Crippen LogP contribution in [0.2, 0.25) is 0 Å². The molecule has 0 unspecified atom stereocenters. The van der Waals surface area contributed by atoms with Gasteiger partial charge in [0.2, 0.25) is 5.91 Å². The summed E-state index contributed by atoms with van der Waals surface area (Å²) in [5.41, 5.74) is 6.35. The molecule has 20 heavy (non-hydrogen) atoms. The third kappa shape index (κ3) is 4.58. The summed E-state index contributed by atoms with van der Waals surface area (Å²) in [6.07, 6.45) is 5.35. The number of hydrogen-bond donors (Lipinski definition) is 2. The summed E-state index contributed by atoms with van der Waals surface area (Å²) in [5.74, 6) is -0.679. The Labute approximate surface area is 118 Å². The highest BCUT2D eigenvalue weighted by Crippen LogP contribution is 2.25. The highest BCUT2D eigenvalue weighted by molar-refractivity contribution is 5.91. The van der Waals surface area contributed by atoms with Gasteiger partial charge in [-0.05, 0) is 31.0 Å². The summed E-state index contributed by atoms with van der Waals surface area (Å²) >= 11 is 0. The summed E-state index contributed by atoms with van der Waals surface area (Å²) in [5, 5.41) is 2.59. The van der Waals surface area contributed by atoms with Crippen LogP contribution in [-0.4, -0.2) is 24.7 Å². The SMILES string of the molecule is NC1(COCC(=O)Nc2cccc(F)c2)CCCCC1. The molecular formula is C15H21FN2O2. The molecule has 0 radical (unpaired) electrons. The van der Waals surface area contributed by atoms with Gasteiger partial charge in [0.15, 0.2) is 0 Å². The van der Waals surface area contributed by atoms with Crippen LogP contribution in [0.15, 0.2) is 24.3 Å². The van der Waals surface area contributed by atoms with Gasteiger partial charge in [-0.15, -0.1) is 0 Å². The van der Waals surface area contributed by atoms with Gasteiger partial charge in [-0.3, -0.25) is 4.79 Å². The van der Waals surface area contributed by atoms with E-state index in [1.807, 2.05) is 0 Å². The Hall–Kier alpha value is -1.46. The number of halogens is 1. The lowest BCUT2D eigenvalue weighted by molar-refractivity contribution is -0.121. The van der Waals surface area contributed by atoms with Crippen molar-refractivity contribution < 1.29 is 13.9 Å². The van der Waals surface area contributed by atoms with Crippen molar-refractivity contribution in [3.63, 3.8) is 0 Å². The van der Waals surface area contributed by atoms with Crippen LogP contribution in [0, 0.1) is 5.82 Å². The van der Waals surface area contributed by atoms with Crippen LogP contribution < -0.4 is 11.1 Å². The van der Waals surface area contributed by atoms with Crippen molar-refractivity contribution in [1.29, 1.82) is 0 Å². The van der Waals surface area contributed by atoms with E-state index >= 15 is 0 Å². The van der Waals surface area contributed by atoms with Crippen LogP contribution in [0.3, 0.4) is 0 Å². The largest absolute Gasteiger partial charge is 0.370 e. The average Bonchev–Trinajstić information content (AvgIpc) is 2.39. The number of hydrogen-bond acceptors (Lipinski definition) is 3. The number of anilines is 1. The normalized spacial score (nSPS) is 17.7. The molecule has 0 spiro atoms. The monoisotopic (exact) mass is 280 g/mol. The number of nitrogens with two attached hydrogens (primary N) is 1. The lowest BCUT2D eigenvalue weighted by atomic mass is 9.83. The maximum absolute atomic E-state index is 13.0. The molecule has 3 N–H and O–H groups in total. The van der Waals surface area contributed by atoms with Crippen molar-refractivity contribution in [2.75, 3.05) is 18.5 Å². The second-order valence-corrected chi connectivity index (χ2v) is 5.47. The van der Waals surface area contributed by atoms with Gasteiger partial charge in [0, 0.05) is 11.2 Å². The number of ether oxygens (including phenoxy) is 1. The Bertz CT molecular complexity index is 459. The van der Waals surface area contributed by atoms with Crippen molar-refractivity contribution in [2.45, 2.75) is 37.6 Å². The summed E-state index contributed by atoms with van der Waals surface area (Å²) in [4.78, 5) is 11.7. The molecule has 1 aliphatic rings. The lowest BCUT2D eigenvalue weighted by Gasteiger charge is -2.32. The fourth-order valence-electron chi connectivity index (χ4n) is 2.51. The molecule has 1 fully saturated rings. The van der Waals surface area contributed by atoms with Crippen LogP contribution in [0.1, 0.15) is 32.1 Å². The number of nitrogens with one attached hydrogen (secondary N) is 1. The van der Waals surface area contributed by atoms with Gasteiger partial charge in [-0.2, -0.15) is 0 Å². The predicted molar refractivity (Wildman–Crippen MR) is 75.9 cm³/mol. The summed E-state index contributed by atoms with van der Waals surface area (Å²) in [6, 6.07) is 5.77. The molecule has 0 aromatic heterocycles. The number of amides is 1. The first-order valence-electron chi connectivity index (χ1n) is 6.99. The fourth-order valence-corrected chi connectivity index (χ4v) is 2.51. The topological polar surface area (TPSA) is 64.3 Å². The van der Waals surface area contributed by atoms with Gasteiger partial charge < -0.3 is 15.8 Å². The van der Waals surface area contributed by atoms with Crippen LogP contribution >= 0.6 is 0 Å². The first kappa shape index (κ1) is 14.9. The molecule has 1 amide bonds. The zero-order valence-corrected chi connectivity index (χ0v) is 11.5. The second kappa shape index (κ2) is 6.81. The molecule has 1 aliphatic carbocycles. The van der Waals surface area contributed by atoms with Crippen molar-refractivity contribution in [1.82, 2.24) is 0 Å². The molecule has 5 heteroatoms. The highest BCUT2D eigenvalue weighted by atomic mass is 19.1. The van der Waals surface area contributed by atoms with Crippen LogP contribution in [0.25, 0.3) is 0 Å². The van der Waals surface area contributed by atoms with Crippen molar-refractivity contribution in [2.24, 2.45) is 5.73 Å². The molecule has 0 bridgehead atoms. The van der Waals surface area contributed by atoms with Crippen LogP contribution in [-0.2, 0) is 9.53 Å². The highest BCUT2D eigenvalue weighted by Gasteiger charge is 2.27. The molecule has 0 saturated heterocycles. The minimum absolute atomic E-state index is 0.0601. The van der Waals surface area contributed by atoms with Gasteiger partial charge in [0.05, 0.1) is 6.61 Å². The van der Waals surface area contributed by atoms with Gasteiger partial charge in [0.25, 0.3) is 0 Å². The van der Waals surface area contributed by atoms with E-state index in [2.05, 4.69) is 5.32 Å². The average molecular weight is 280 g/mol. The first-order chi connectivity index (χ1) is 9.57. The van der Waals surface area contributed by atoms with Crippen molar-refractivity contribution in [3.8, 4) is 0 Å². The van der Waals surface area contributed by atoms with E-state index in [0.717, 1.165) is 25.7 Å². The minimum atomic E-state index is -0.383. The van der Waals surface area contributed by atoms with E-state index in [0.29, 0.717) is 12.3 Å². The third-order valence-electron chi connectivity index (χ3n) is 3.58. The zero-order valence-electron chi connectivity index (χ0n) is 11.5.